The molecule has 0 radical (unpaired) electrons. The molecule has 0 aromatic heterocycles. The third-order valence-electron chi connectivity index (χ3n) is 8.96. The standard InChI is InChI=1S/C31H32I2N2O/c1-29(2)22-11-7-9-13-25(22)34(5)27(29)15-19-18-31(36-28-21(19)16-20(32)17-24(28)33)30(3,4)23-12-8-10-14-26(23)35(31)6/h7-17,19H,18H2,1-6H3/b27-15+/t19-,31+/m0/s1. The second kappa shape index (κ2) is 8.13. The van der Waals surface area contributed by atoms with Crippen LogP contribution in [0.4, 0.5) is 11.4 Å². The number of nitrogens with zero attached hydrogens (tertiary/aromatic N) is 2. The number of fused-ring (bicyclic) bond motifs is 3. The predicted octanol–water partition coefficient (Wildman–Crippen LogP) is 8.20. The van der Waals surface area contributed by atoms with Gasteiger partial charge in [-0.2, -0.15) is 0 Å². The number of hydrogen-bond acceptors (Lipinski definition) is 3. The molecule has 36 heavy (non-hydrogen) atoms. The molecule has 2 atom stereocenters. The lowest BCUT2D eigenvalue weighted by atomic mass is 9.70. The van der Waals surface area contributed by atoms with Gasteiger partial charge in [0, 0.05) is 58.1 Å². The topological polar surface area (TPSA) is 15.7 Å². The summed E-state index contributed by atoms with van der Waals surface area (Å²) in [6.45, 7) is 9.42. The normalized spacial score (nSPS) is 26.1. The van der Waals surface area contributed by atoms with E-state index in [1.54, 1.807) is 0 Å². The molecular formula is C31H32I2N2O. The van der Waals surface area contributed by atoms with Crippen LogP contribution >= 0.6 is 45.2 Å². The molecule has 0 saturated heterocycles. The molecule has 0 amide bonds. The molecule has 0 aliphatic carbocycles. The van der Waals surface area contributed by atoms with Crippen LogP contribution in [0.25, 0.3) is 0 Å². The first-order valence-corrected chi connectivity index (χ1v) is 14.7. The van der Waals surface area contributed by atoms with E-state index in [4.69, 9.17) is 4.74 Å². The van der Waals surface area contributed by atoms with Crippen LogP contribution < -0.4 is 14.5 Å². The maximum Gasteiger partial charge on any atom is 0.193 e. The number of benzene rings is 3. The molecule has 0 N–H and O–H groups in total. The van der Waals surface area contributed by atoms with Crippen molar-refractivity contribution in [2.24, 2.45) is 0 Å². The molecule has 6 rings (SSSR count). The SMILES string of the molecule is CN1/C(=C/[C@H]2C[C@]3(Oc4c(I)cc(I)cc42)N(C)c2ccccc2C3(C)C)C(C)(C)c2ccccc21. The van der Waals surface area contributed by atoms with Gasteiger partial charge in [-0.3, -0.25) is 0 Å². The zero-order chi connectivity index (χ0) is 25.6. The van der Waals surface area contributed by atoms with Gasteiger partial charge in [0.1, 0.15) is 5.75 Å². The van der Waals surface area contributed by atoms with Crippen molar-refractivity contribution < 1.29 is 4.74 Å². The van der Waals surface area contributed by atoms with Gasteiger partial charge in [0.2, 0.25) is 0 Å². The quantitative estimate of drug-likeness (QED) is 0.238. The largest absolute Gasteiger partial charge is 0.466 e. The number of halogens is 2. The molecule has 0 saturated carbocycles. The highest BCUT2D eigenvalue weighted by Gasteiger charge is 2.60. The Kier molecular flexibility index (Phi) is 5.55. The second-order valence-electron chi connectivity index (χ2n) is 11.5. The van der Waals surface area contributed by atoms with Crippen LogP contribution in [0.5, 0.6) is 5.75 Å². The van der Waals surface area contributed by atoms with Crippen molar-refractivity contribution in [3.05, 3.63) is 96.3 Å². The number of anilines is 2. The van der Waals surface area contributed by atoms with Gasteiger partial charge < -0.3 is 14.5 Å². The minimum absolute atomic E-state index is 0.0634. The Hall–Kier alpha value is -1.74. The summed E-state index contributed by atoms with van der Waals surface area (Å²) in [6.07, 6.45) is 3.43. The van der Waals surface area contributed by atoms with Gasteiger partial charge in [0.05, 0.1) is 8.99 Å². The van der Waals surface area contributed by atoms with Gasteiger partial charge in [-0.05, 0) is 94.4 Å². The van der Waals surface area contributed by atoms with E-state index in [0.29, 0.717) is 0 Å². The number of allylic oxidation sites excluding steroid dienone is 2. The first-order chi connectivity index (χ1) is 17.0. The molecule has 0 bridgehead atoms. The molecule has 3 aliphatic rings. The van der Waals surface area contributed by atoms with E-state index < -0.39 is 5.72 Å². The summed E-state index contributed by atoms with van der Waals surface area (Å²) in [4.78, 5) is 4.80. The molecule has 186 valence electrons. The molecular weight excluding hydrogens is 670 g/mol. The minimum atomic E-state index is -0.480. The maximum absolute atomic E-state index is 7.18. The van der Waals surface area contributed by atoms with Gasteiger partial charge in [0.15, 0.2) is 5.72 Å². The molecule has 3 nitrogen and oxygen atoms in total. The molecule has 1 spiro atoms. The Labute approximate surface area is 242 Å². The van der Waals surface area contributed by atoms with E-state index in [0.717, 1.165) is 12.2 Å². The van der Waals surface area contributed by atoms with Crippen molar-refractivity contribution in [1.82, 2.24) is 0 Å². The molecule has 3 aliphatic heterocycles. The molecule has 3 aromatic carbocycles. The molecule has 3 aromatic rings. The molecule has 0 fully saturated rings. The Morgan fingerprint density at radius 2 is 1.53 bits per heavy atom. The summed E-state index contributed by atoms with van der Waals surface area (Å²) in [7, 11) is 4.43. The number of likely N-dealkylation sites (N-methyl/N-ethyl adjacent to an activating group) is 2. The fourth-order valence-electron chi connectivity index (χ4n) is 6.93. The molecule has 5 heteroatoms. The molecule has 3 heterocycles. The van der Waals surface area contributed by atoms with Crippen LogP contribution in [-0.2, 0) is 10.8 Å². The van der Waals surface area contributed by atoms with Crippen molar-refractivity contribution in [2.75, 3.05) is 23.9 Å². The van der Waals surface area contributed by atoms with Crippen molar-refractivity contribution >= 4 is 56.6 Å². The Bertz CT molecular complexity index is 1430. The number of ether oxygens (including phenoxy) is 1. The summed E-state index contributed by atoms with van der Waals surface area (Å²) >= 11 is 4.91. The monoisotopic (exact) mass is 702 g/mol. The smallest absolute Gasteiger partial charge is 0.193 e. The van der Waals surface area contributed by atoms with Crippen LogP contribution in [0, 0.1) is 7.14 Å². The Balaban J connectivity index is 1.55. The third-order valence-corrected chi connectivity index (χ3v) is 10.4. The van der Waals surface area contributed by atoms with Gasteiger partial charge in [-0.25, -0.2) is 0 Å². The summed E-state index contributed by atoms with van der Waals surface area (Å²) in [5.41, 5.74) is 7.25. The van der Waals surface area contributed by atoms with Crippen LogP contribution in [0.15, 0.2) is 72.4 Å². The number of para-hydroxylation sites is 2. The van der Waals surface area contributed by atoms with E-state index in [9.17, 15) is 0 Å². The number of rotatable bonds is 1. The van der Waals surface area contributed by atoms with Crippen molar-refractivity contribution in [3.63, 3.8) is 0 Å². The lowest BCUT2D eigenvalue weighted by molar-refractivity contribution is -0.0113. The third kappa shape index (κ3) is 3.20. The average Bonchev–Trinajstić information content (AvgIpc) is 3.13. The van der Waals surface area contributed by atoms with E-state index >= 15 is 0 Å². The first-order valence-electron chi connectivity index (χ1n) is 12.6. The van der Waals surface area contributed by atoms with Gasteiger partial charge in [-0.1, -0.05) is 56.3 Å². The lowest BCUT2D eigenvalue weighted by Gasteiger charge is -2.51. The van der Waals surface area contributed by atoms with Gasteiger partial charge in [-0.15, -0.1) is 0 Å². The van der Waals surface area contributed by atoms with Crippen LogP contribution in [0.3, 0.4) is 0 Å². The maximum atomic E-state index is 7.18. The summed E-state index contributed by atoms with van der Waals surface area (Å²) < 4.78 is 9.62. The van der Waals surface area contributed by atoms with Crippen molar-refractivity contribution in [2.45, 2.75) is 56.6 Å². The van der Waals surface area contributed by atoms with Crippen LogP contribution in [0.2, 0.25) is 0 Å². The van der Waals surface area contributed by atoms with E-state index in [2.05, 4.69) is 164 Å². The lowest BCUT2D eigenvalue weighted by Crippen LogP contribution is -2.61. The zero-order valence-electron chi connectivity index (χ0n) is 21.7. The summed E-state index contributed by atoms with van der Waals surface area (Å²) in [5, 5.41) is 0. The minimum Gasteiger partial charge on any atom is -0.466 e. The van der Waals surface area contributed by atoms with E-state index in [1.165, 1.54) is 40.9 Å². The Morgan fingerprint density at radius 3 is 2.19 bits per heavy atom. The van der Waals surface area contributed by atoms with Gasteiger partial charge >= 0.3 is 0 Å². The first kappa shape index (κ1) is 24.6. The van der Waals surface area contributed by atoms with Crippen molar-refractivity contribution in [3.8, 4) is 5.75 Å². The second-order valence-corrected chi connectivity index (χ2v) is 13.9. The Morgan fingerprint density at radius 1 is 0.889 bits per heavy atom. The van der Waals surface area contributed by atoms with Crippen molar-refractivity contribution in [1.29, 1.82) is 0 Å². The fraction of sp³-hybridized carbons (Fsp3) is 0.355. The average molecular weight is 702 g/mol. The van der Waals surface area contributed by atoms with E-state index in [-0.39, 0.29) is 16.7 Å². The predicted molar refractivity (Wildman–Crippen MR) is 166 cm³/mol. The van der Waals surface area contributed by atoms with Crippen LogP contribution in [0.1, 0.15) is 56.7 Å². The zero-order valence-corrected chi connectivity index (χ0v) is 26.0. The highest BCUT2D eigenvalue weighted by Crippen LogP contribution is 2.59. The highest BCUT2D eigenvalue weighted by atomic mass is 127. The number of hydrogen-bond donors (Lipinski definition) is 0. The fourth-order valence-corrected chi connectivity index (χ4v) is 8.93. The van der Waals surface area contributed by atoms with Crippen LogP contribution in [-0.4, -0.2) is 19.8 Å². The highest BCUT2D eigenvalue weighted by molar-refractivity contribution is 14.1. The van der Waals surface area contributed by atoms with Gasteiger partial charge in [0.25, 0.3) is 0 Å². The van der Waals surface area contributed by atoms with E-state index in [1.807, 2.05) is 0 Å². The summed E-state index contributed by atoms with van der Waals surface area (Å²) in [6, 6.07) is 22.2. The summed E-state index contributed by atoms with van der Waals surface area (Å²) in [5.74, 6) is 1.26. The molecule has 0 unspecified atom stereocenters.